The molecule has 72 valence electrons. The molecule has 0 bridgehead atoms. The lowest BCUT2D eigenvalue weighted by Crippen LogP contribution is -2.30. The zero-order valence-electron chi connectivity index (χ0n) is 7.82. The highest BCUT2D eigenvalue weighted by Gasteiger charge is 2.07. The zero-order valence-corrected chi connectivity index (χ0v) is 7.82. The highest BCUT2D eigenvalue weighted by Crippen LogP contribution is 2.18. The van der Waals surface area contributed by atoms with Gasteiger partial charge in [0.1, 0.15) is 5.58 Å². The van der Waals surface area contributed by atoms with Gasteiger partial charge in [0.25, 0.3) is 0 Å². The third kappa shape index (κ3) is 1.36. The minimum Gasteiger partial charge on any atom is -0.453 e. The summed E-state index contributed by atoms with van der Waals surface area (Å²) in [7, 11) is 1.66. The van der Waals surface area contributed by atoms with Crippen LogP contribution in [0.5, 0.6) is 0 Å². The Hall–Kier alpha value is -1.81. The second-order valence-corrected chi connectivity index (χ2v) is 2.87. The molecule has 0 aliphatic carbocycles. The van der Waals surface area contributed by atoms with Crippen molar-refractivity contribution in [2.75, 3.05) is 7.05 Å². The van der Waals surface area contributed by atoms with Gasteiger partial charge in [0, 0.05) is 12.4 Å². The van der Waals surface area contributed by atoms with Gasteiger partial charge >= 0.3 is 0 Å². The third-order valence-corrected chi connectivity index (χ3v) is 2.02. The first kappa shape index (κ1) is 8.77. The van der Waals surface area contributed by atoms with Crippen LogP contribution in [0.3, 0.4) is 0 Å². The molecule has 0 aliphatic rings. The fraction of sp³-hybridized carbons (Fsp3) is 0.100. The molecule has 0 saturated carbocycles. The van der Waals surface area contributed by atoms with Crippen molar-refractivity contribution < 1.29 is 4.42 Å². The summed E-state index contributed by atoms with van der Waals surface area (Å²) in [5.74, 6) is 6.49. The number of furan rings is 1. The second-order valence-electron chi connectivity index (χ2n) is 2.87. The normalized spacial score (nSPS) is 12.0. The fourth-order valence-electron chi connectivity index (χ4n) is 1.34. The number of hydrogen-bond acceptors (Lipinski definition) is 3. The van der Waals surface area contributed by atoms with Gasteiger partial charge in [-0.2, -0.15) is 0 Å². The molecule has 0 unspecified atom stereocenters. The first-order chi connectivity index (χ1) is 6.85. The maximum atomic E-state index is 5.54. The fourth-order valence-corrected chi connectivity index (χ4v) is 1.34. The van der Waals surface area contributed by atoms with Crippen molar-refractivity contribution in [1.82, 2.24) is 5.43 Å². The Labute approximate surface area is 81.4 Å². The van der Waals surface area contributed by atoms with Crippen LogP contribution in [0.15, 0.2) is 39.7 Å². The number of amidine groups is 1. The summed E-state index contributed by atoms with van der Waals surface area (Å²) in [6.45, 7) is 0. The van der Waals surface area contributed by atoms with Crippen molar-refractivity contribution in [3.05, 3.63) is 36.1 Å². The van der Waals surface area contributed by atoms with Gasteiger partial charge in [-0.1, -0.05) is 18.2 Å². The van der Waals surface area contributed by atoms with Crippen LogP contribution in [0.1, 0.15) is 5.76 Å². The summed E-state index contributed by atoms with van der Waals surface area (Å²) in [4.78, 5) is 3.96. The molecule has 0 spiro atoms. The van der Waals surface area contributed by atoms with E-state index in [4.69, 9.17) is 10.3 Å². The number of aliphatic imine (C=N–C) groups is 1. The summed E-state index contributed by atoms with van der Waals surface area (Å²) >= 11 is 0. The van der Waals surface area contributed by atoms with E-state index in [2.05, 4.69) is 10.4 Å². The molecule has 1 heterocycles. The number of para-hydroxylation sites is 1. The van der Waals surface area contributed by atoms with Crippen LogP contribution in [0.2, 0.25) is 0 Å². The second kappa shape index (κ2) is 3.51. The average molecular weight is 189 g/mol. The first-order valence-corrected chi connectivity index (χ1v) is 4.27. The zero-order chi connectivity index (χ0) is 9.97. The topological polar surface area (TPSA) is 63.5 Å². The van der Waals surface area contributed by atoms with E-state index in [0.29, 0.717) is 11.6 Å². The predicted octanol–water partition coefficient (Wildman–Crippen LogP) is 1.27. The smallest absolute Gasteiger partial charge is 0.178 e. The lowest BCUT2D eigenvalue weighted by Gasteiger charge is -1.97. The van der Waals surface area contributed by atoms with Crippen molar-refractivity contribution in [3.63, 3.8) is 0 Å². The van der Waals surface area contributed by atoms with E-state index >= 15 is 0 Å². The van der Waals surface area contributed by atoms with Gasteiger partial charge in [-0.3, -0.25) is 4.99 Å². The van der Waals surface area contributed by atoms with Crippen molar-refractivity contribution in [3.8, 4) is 0 Å². The average Bonchev–Trinajstić information content (AvgIpc) is 2.63. The van der Waals surface area contributed by atoms with Crippen LogP contribution < -0.4 is 11.3 Å². The highest BCUT2D eigenvalue weighted by molar-refractivity contribution is 5.99. The van der Waals surface area contributed by atoms with Crippen LogP contribution in [-0.4, -0.2) is 12.9 Å². The van der Waals surface area contributed by atoms with Gasteiger partial charge in [0.05, 0.1) is 0 Å². The molecule has 1 aromatic heterocycles. The van der Waals surface area contributed by atoms with E-state index in [1.807, 2.05) is 30.3 Å². The Morgan fingerprint density at radius 1 is 1.43 bits per heavy atom. The van der Waals surface area contributed by atoms with Crippen LogP contribution in [0.4, 0.5) is 0 Å². The van der Waals surface area contributed by atoms with E-state index in [1.54, 1.807) is 7.05 Å². The van der Waals surface area contributed by atoms with Gasteiger partial charge in [0.15, 0.2) is 11.6 Å². The SMILES string of the molecule is CN=C(NN)c1cc2ccccc2o1. The summed E-state index contributed by atoms with van der Waals surface area (Å²) in [6.07, 6.45) is 0. The minimum atomic E-state index is 0.543. The minimum absolute atomic E-state index is 0.543. The van der Waals surface area contributed by atoms with E-state index in [9.17, 15) is 0 Å². The third-order valence-electron chi connectivity index (χ3n) is 2.02. The van der Waals surface area contributed by atoms with E-state index < -0.39 is 0 Å². The number of rotatable bonds is 1. The summed E-state index contributed by atoms with van der Waals surface area (Å²) in [5.41, 5.74) is 3.32. The Morgan fingerprint density at radius 2 is 2.21 bits per heavy atom. The molecule has 0 saturated heterocycles. The molecule has 0 amide bonds. The Bertz CT molecular complexity index is 440. The lowest BCUT2D eigenvalue weighted by atomic mass is 10.2. The van der Waals surface area contributed by atoms with E-state index in [-0.39, 0.29) is 0 Å². The Morgan fingerprint density at radius 3 is 2.86 bits per heavy atom. The van der Waals surface area contributed by atoms with Gasteiger partial charge < -0.3 is 9.84 Å². The van der Waals surface area contributed by atoms with E-state index in [0.717, 1.165) is 11.0 Å². The van der Waals surface area contributed by atoms with Crippen molar-refractivity contribution >= 4 is 16.8 Å². The van der Waals surface area contributed by atoms with Gasteiger partial charge in [-0.05, 0) is 12.1 Å². The standard InChI is InChI=1S/C10H11N3O/c1-12-10(13-11)9-6-7-4-2-3-5-8(7)14-9/h2-6H,11H2,1H3,(H,12,13). The highest BCUT2D eigenvalue weighted by atomic mass is 16.3. The molecule has 14 heavy (non-hydrogen) atoms. The molecule has 0 atom stereocenters. The Balaban J connectivity index is 2.55. The van der Waals surface area contributed by atoms with Gasteiger partial charge in [-0.25, -0.2) is 5.84 Å². The monoisotopic (exact) mass is 189 g/mol. The quantitative estimate of drug-likeness (QED) is 0.307. The number of nitrogens with two attached hydrogens (primary N) is 1. The van der Waals surface area contributed by atoms with Crippen molar-refractivity contribution in [1.29, 1.82) is 0 Å². The van der Waals surface area contributed by atoms with Crippen LogP contribution in [-0.2, 0) is 0 Å². The maximum absolute atomic E-state index is 5.54. The number of hydrogen-bond donors (Lipinski definition) is 2. The summed E-state index contributed by atoms with van der Waals surface area (Å²) in [5, 5.41) is 1.04. The molecular weight excluding hydrogens is 178 g/mol. The predicted molar refractivity (Wildman–Crippen MR) is 56.0 cm³/mol. The molecule has 0 aliphatic heterocycles. The molecule has 0 fully saturated rings. The molecule has 0 radical (unpaired) electrons. The molecular formula is C10H11N3O. The molecule has 2 aromatic rings. The van der Waals surface area contributed by atoms with Crippen molar-refractivity contribution in [2.24, 2.45) is 10.8 Å². The molecule has 4 nitrogen and oxygen atoms in total. The number of benzene rings is 1. The molecule has 4 heteroatoms. The largest absolute Gasteiger partial charge is 0.453 e. The molecule has 3 N–H and O–H groups in total. The Kier molecular flexibility index (Phi) is 2.20. The van der Waals surface area contributed by atoms with Gasteiger partial charge in [0.2, 0.25) is 0 Å². The van der Waals surface area contributed by atoms with Crippen LogP contribution >= 0.6 is 0 Å². The molecule has 1 aromatic carbocycles. The molecule has 2 rings (SSSR count). The first-order valence-electron chi connectivity index (χ1n) is 4.27. The number of nitrogens with zero attached hydrogens (tertiary/aromatic N) is 1. The van der Waals surface area contributed by atoms with Gasteiger partial charge in [-0.15, -0.1) is 0 Å². The number of hydrazine groups is 1. The van der Waals surface area contributed by atoms with E-state index in [1.165, 1.54) is 0 Å². The maximum Gasteiger partial charge on any atom is 0.178 e. The lowest BCUT2D eigenvalue weighted by molar-refractivity contribution is 0.599. The summed E-state index contributed by atoms with van der Waals surface area (Å²) in [6, 6.07) is 9.67. The van der Waals surface area contributed by atoms with Crippen molar-refractivity contribution in [2.45, 2.75) is 0 Å². The van der Waals surface area contributed by atoms with Crippen LogP contribution in [0, 0.1) is 0 Å². The van der Waals surface area contributed by atoms with Crippen LogP contribution in [0.25, 0.3) is 11.0 Å². The summed E-state index contributed by atoms with van der Waals surface area (Å²) < 4.78 is 5.54. The number of nitrogens with one attached hydrogen (secondary N) is 1. The number of fused-ring (bicyclic) bond motifs is 1.